The number of ether oxygens (including phenoxy) is 1. The summed E-state index contributed by atoms with van der Waals surface area (Å²) in [6.45, 7) is 3.66. The zero-order valence-corrected chi connectivity index (χ0v) is 13.9. The molecule has 0 saturated heterocycles. The van der Waals surface area contributed by atoms with Crippen LogP contribution in [-0.2, 0) is 9.63 Å². The van der Waals surface area contributed by atoms with Gasteiger partial charge in [0.2, 0.25) is 5.60 Å². The highest BCUT2D eigenvalue weighted by Crippen LogP contribution is 2.29. The lowest BCUT2D eigenvalue weighted by Gasteiger charge is -2.19. The summed E-state index contributed by atoms with van der Waals surface area (Å²) in [5, 5.41) is 7.43. The second-order valence-corrected chi connectivity index (χ2v) is 6.73. The molecule has 7 heteroatoms. The Balaban J connectivity index is 1.69. The topological polar surface area (TPSA) is 72.8 Å². The Hall–Kier alpha value is -2.41. The molecule has 1 atom stereocenters. The average molecular weight is 331 g/mol. The van der Waals surface area contributed by atoms with Gasteiger partial charge in [-0.3, -0.25) is 10.1 Å². The molecule has 1 aliphatic rings. The Morgan fingerprint density at radius 3 is 2.74 bits per heavy atom. The van der Waals surface area contributed by atoms with Crippen molar-refractivity contribution in [1.29, 1.82) is 0 Å². The van der Waals surface area contributed by atoms with E-state index in [4.69, 9.17) is 9.57 Å². The number of carbonyl (C=O) groups excluding carboxylic acids is 1. The molecule has 0 fully saturated rings. The number of benzene rings is 1. The highest BCUT2D eigenvalue weighted by molar-refractivity contribution is 7.15. The summed E-state index contributed by atoms with van der Waals surface area (Å²) >= 11 is 1.42. The second-order valence-electron chi connectivity index (χ2n) is 5.50. The van der Waals surface area contributed by atoms with Gasteiger partial charge in [0, 0.05) is 17.5 Å². The molecule has 0 unspecified atom stereocenters. The summed E-state index contributed by atoms with van der Waals surface area (Å²) in [4.78, 5) is 23.1. The molecule has 120 valence electrons. The van der Waals surface area contributed by atoms with E-state index in [-0.39, 0.29) is 5.91 Å². The van der Waals surface area contributed by atoms with Gasteiger partial charge in [0.15, 0.2) is 5.13 Å². The Bertz CT molecular complexity index is 754. The summed E-state index contributed by atoms with van der Waals surface area (Å²) < 4.78 is 5.14. The molecule has 0 spiro atoms. The summed E-state index contributed by atoms with van der Waals surface area (Å²) in [7, 11) is 1.62. The minimum Gasteiger partial charge on any atom is -0.497 e. The van der Waals surface area contributed by atoms with Gasteiger partial charge < -0.3 is 9.57 Å². The molecule has 1 aromatic heterocycles. The van der Waals surface area contributed by atoms with E-state index < -0.39 is 5.60 Å². The lowest BCUT2D eigenvalue weighted by molar-refractivity contribution is -0.135. The molecule has 1 aromatic carbocycles. The number of oxime groups is 1. The van der Waals surface area contributed by atoms with Gasteiger partial charge in [-0.2, -0.15) is 0 Å². The molecule has 2 heterocycles. The van der Waals surface area contributed by atoms with Crippen LogP contribution >= 0.6 is 11.3 Å². The fourth-order valence-electron chi connectivity index (χ4n) is 2.24. The predicted molar refractivity (Wildman–Crippen MR) is 89.1 cm³/mol. The maximum Gasteiger partial charge on any atom is 0.273 e. The lowest BCUT2D eigenvalue weighted by Crippen LogP contribution is -2.40. The number of methoxy groups -OCH3 is 1. The van der Waals surface area contributed by atoms with Gasteiger partial charge in [-0.05, 0) is 43.7 Å². The molecule has 6 nitrogen and oxygen atoms in total. The number of aromatic nitrogens is 1. The van der Waals surface area contributed by atoms with Crippen LogP contribution in [0.1, 0.15) is 23.8 Å². The molecule has 1 amide bonds. The fraction of sp³-hybridized carbons (Fsp3) is 0.312. The van der Waals surface area contributed by atoms with E-state index in [1.807, 2.05) is 31.2 Å². The summed E-state index contributed by atoms with van der Waals surface area (Å²) in [6.07, 6.45) is 2.12. The number of nitrogens with one attached hydrogen (secondary N) is 1. The molecule has 0 saturated carbocycles. The van der Waals surface area contributed by atoms with E-state index >= 15 is 0 Å². The molecular weight excluding hydrogens is 314 g/mol. The number of rotatable bonds is 4. The van der Waals surface area contributed by atoms with Crippen molar-refractivity contribution in [3.05, 3.63) is 40.9 Å². The van der Waals surface area contributed by atoms with Crippen molar-refractivity contribution >= 4 is 28.1 Å². The smallest absolute Gasteiger partial charge is 0.273 e. The first-order valence-electron chi connectivity index (χ1n) is 7.13. The van der Waals surface area contributed by atoms with Crippen molar-refractivity contribution in [2.24, 2.45) is 5.16 Å². The predicted octanol–water partition coefficient (Wildman–Crippen LogP) is 2.98. The molecule has 0 bridgehead atoms. The number of hydrogen-bond donors (Lipinski definition) is 1. The largest absolute Gasteiger partial charge is 0.497 e. The lowest BCUT2D eigenvalue weighted by atomic mass is 9.95. The minimum atomic E-state index is -1.03. The molecule has 1 aliphatic heterocycles. The first-order chi connectivity index (χ1) is 11.0. The van der Waals surface area contributed by atoms with Crippen LogP contribution in [0.3, 0.4) is 0 Å². The van der Waals surface area contributed by atoms with Gasteiger partial charge in [0.1, 0.15) is 5.75 Å². The molecule has 0 aliphatic carbocycles. The number of thiazole rings is 1. The summed E-state index contributed by atoms with van der Waals surface area (Å²) in [5.41, 5.74) is 0.613. The minimum absolute atomic E-state index is 0.251. The van der Waals surface area contributed by atoms with Gasteiger partial charge in [0.25, 0.3) is 5.91 Å². The van der Waals surface area contributed by atoms with Gasteiger partial charge >= 0.3 is 0 Å². The van der Waals surface area contributed by atoms with Crippen LogP contribution < -0.4 is 10.1 Å². The summed E-state index contributed by atoms with van der Waals surface area (Å²) in [6, 6.07) is 7.50. The van der Waals surface area contributed by atoms with Crippen LogP contribution in [-0.4, -0.2) is 29.3 Å². The standard InChI is InChI=1S/C16H17N3O3S/c1-10-9-17-15(23-10)18-14(20)16(2)8-13(19-22-16)11-4-6-12(21-3)7-5-11/h4-7,9H,8H2,1-3H3,(H,17,18,20)/t16-/m1/s1. The van der Waals surface area contributed by atoms with Crippen LogP contribution in [0, 0.1) is 6.92 Å². The average Bonchev–Trinajstić information content (AvgIpc) is 3.14. The Morgan fingerprint density at radius 1 is 1.39 bits per heavy atom. The molecular formula is C16H17N3O3S. The van der Waals surface area contributed by atoms with Crippen molar-refractivity contribution in [3.63, 3.8) is 0 Å². The van der Waals surface area contributed by atoms with Crippen molar-refractivity contribution in [2.45, 2.75) is 25.9 Å². The molecule has 3 rings (SSSR count). The van der Waals surface area contributed by atoms with Crippen molar-refractivity contribution in [2.75, 3.05) is 12.4 Å². The maximum absolute atomic E-state index is 12.5. The number of anilines is 1. The van der Waals surface area contributed by atoms with E-state index in [0.717, 1.165) is 21.9 Å². The third-order valence-corrected chi connectivity index (χ3v) is 4.44. The normalized spacial score (nSPS) is 19.9. The number of nitrogens with zero attached hydrogens (tertiary/aromatic N) is 2. The van der Waals surface area contributed by atoms with Crippen LogP contribution in [0.2, 0.25) is 0 Å². The monoisotopic (exact) mass is 331 g/mol. The number of amides is 1. The van der Waals surface area contributed by atoms with Crippen LogP contribution in [0.25, 0.3) is 0 Å². The van der Waals surface area contributed by atoms with Gasteiger partial charge in [-0.15, -0.1) is 11.3 Å². The number of carbonyl (C=O) groups is 1. The summed E-state index contributed by atoms with van der Waals surface area (Å²) in [5.74, 6) is 0.520. The first-order valence-corrected chi connectivity index (χ1v) is 7.95. The van der Waals surface area contributed by atoms with Crippen LogP contribution in [0.4, 0.5) is 5.13 Å². The van der Waals surface area contributed by atoms with Crippen molar-refractivity contribution in [1.82, 2.24) is 4.98 Å². The van der Waals surface area contributed by atoms with Gasteiger partial charge in [0.05, 0.1) is 12.8 Å². The third-order valence-electron chi connectivity index (χ3n) is 3.61. The third kappa shape index (κ3) is 3.19. The highest BCUT2D eigenvalue weighted by Gasteiger charge is 2.42. The number of aryl methyl sites for hydroxylation is 1. The Labute approximate surface area is 138 Å². The molecule has 23 heavy (non-hydrogen) atoms. The van der Waals surface area contributed by atoms with E-state index in [2.05, 4.69) is 15.5 Å². The van der Waals surface area contributed by atoms with Crippen molar-refractivity contribution < 1.29 is 14.4 Å². The van der Waals surface area contributed by atoms with E-state index in [9.17, 15) is 4.79 Å². The maximum atomic E-state index is 12.5. The van der Waals surface area contributed by atoms with Crippen LogP contribution in [0.5, 0.6) is 5.75 Å². The highest BCUT2D eigenvalue weighted by atomic mass is 32.1. The van der Waals surface area contributed by atoms with E-state index in [0.29, 0.717) is 11.6 Å². The van der Waals surface area contributed by atoms with E-state index in [1.54, 1.807) is 20.2 Å². The first kappa shape index (κ1) is 15.5. The fourth-order valence-corrected chi connectivity index (χ4v) is 2.90. The van der Waals surface area contributed by atoms with Gasteiger partial charge in [-0.1, -0.05) is 5.16 Å². The Kier molecular flexibility index (Phi) is 4.04. The van der Waals surface area contributed by atoms with Crippen molar-refractivity contribution in [3.8, 4) is 5.75 Å². The SMILES string of the molecule is COc1ccc(C2=NO[C@@](C)(C(=O)Nc3ncc(C)s3)C2)cc1. The van der Waals surface area contributed by atoms with Gasteiger partial charge in [-0.25, -0.2) is 4.98 Å². The zero-order chi connectivity index (χ0) is 16.4. The number of hydrogen-bond acceptors (Lipinski definition) is 6. The Morgan fingerprint density at radius 2 is 2.13 bits per heavy atom. The van der Waals surface area contributed by atoms with Crippen LogP contribution in [0.15, 0.2) is 35.6 Å². The molecule has 2 aromatic rings. The molecule has 0 radical (unpaired) electrons. The molecule has 1 N–H and O–H groups in total. The zero-order valence-electron chi connectivity index (χ0n) is 13.1. The second kappa shape index (κ2) is 6.00. The quantitative estimate of drug-likeness (QED) is 0.935. The van der Waals surface area contributed by atoms with E-state index in [1.165, 1.54) is 11.3 Å².